The zero-order valence-electron chi connectivity index (χ0n) is 13.8. The third-order valence-corrected chi connectivity index (χ3v) is 4.34. The summed E-state index contributed by atoms with van der Waals surface area (Å²) in [5, 5.41) is 13.1. The summed E-state index contributed by atoms with van der Waals surface area (Å²) in [6.07, 6.45) is 1.06. The normalized spacial score (nSPS) is 19.3. The Bertz CT molecular complexity index is 772. The van der Waals surface area contributed by atoms with Gasteiger partial charge in [-0.1, -0.05) is 60.7 Å². The predicted octanol–water partition coefficient (Wildman–Crippen LogP) is 3.18. The van der Waals surface area contributed by atoms with Gasteiger partial charge in [0.1, 0.15) is 0 Å². The topological polar surface area (TPSA) is 78.8 Å². The molecule has 0 heterocycles. The van der Waals surface area contributed by atoms with Crippen LogP contribution in [-0.2, 0) is 9.59 Å². The average Bonchev–Trinajstić information content (AvgIpc) is 3.44. The molecule has 128 valence electrons. The second-order valence-electron chi connectivity index (χ2n) is 6.15. The van der Waals surface area contributed by atoms with Crippen LogP contribution in [0.1, 0.15) is 36.3 Å². The molecule has 0 bridgehead atoms. The minimum absolute atomic E-state index is 0.0281. The smallest absolute Gasteiger partial charge is 0.303 e. The third kappa shape index (κ3) is 4.53. The summed E-state index contributed by atoms with van der Waals surface area (Å²) < 4.78 is 0. The molecule has 1 amide bonds. The highest BCUT2D eigenvalue weighted by Gasteiger charge is 2.43. The summed E-state index contributed by atoms with van der Waals surface area (Å²) in [6.45, 7) is 0. The Labute approximate surface area is 146 Å². The van der Waals surface area contributed by atoms with Crippen LogP contribution in [0, 0.1) is 5.92 Å². The highest BCUT2D eigenvalue weighted by atomic mass is 16.4. The number of benzene rings is 2. The molecule has 1 saturated carbocycles. The van der Waals surface area contributed by atoms with E-state index in [-0.39, 0.29) is 30.6 Å². The molecule has 5 heteroatoms. The van der Waals surface area contributed by atoms with Crippen molar-refractivity contribution in [2.45, 2.75) is 25.2 Å². The highest BCUT2D eigenvalue weighted by molar-refractivity contribution is 6.02. The molecule has 1 fully saturated rings. The second kappa shape index (κ2) is 7.75. The molecule has 2 aromatic carbocycles. The first kappa shape index (κ1) is 16.9. The second-order valence-corrected chi connectivity index (χ2v) is 6.15. The summed E-state index contributed by atoms with van der Waals surface area (Å²) in [4.78, 5) is 23.2. The first-order valence-electron chi connectivity index (χ1n) is 8.33. The van der Waals surface area contributed by atoms with E-state index < -0.39 is 5.97 Å². The Morgan fingerprint density at radius 2 is 1.64 bits per heavy atom. The van der Waals surface area contributed by atoms with E-state index in [2.05, 4.69) is 10.5 Å². The number of carbonyl (C=O) groups is 2. The van der Waals surface area contributed by atoms with Crippen molar-refractivity contribution < 1.29 is 14.7 Å². The van der Waals surface area contributed by atoms with Crippen molar-refractivity contribution >= 4 is 17.6 Å². The van der Waals surface area contributed by atoms with Crippen LogP contribution in [0.2, 0.25) is 0 Å². The van der Waals surface area contributed by atoms with Gasteiger partial charge in [0.15, 0.2) is 0 Å². The van der Waals surface area contributed by atoms with Crippen LogP contribution in [0.5, 0.6) is 0 Å². The van der Waals surface area contributed by atoms with E-state index in [9.17, 15) is 9.59 Å². The monoisotopic (exact) mass is 336 g/mol. The zero-order valence-corrected chi connectivity index (χ0v) is 13.8. The van der Waals surface area contributed by atoms with Crippen molar-refractivity contribution in [3.05, 3.63) is 71.8 Å². The van der Waals surface area contributed by atoms with Crippen molar-refractivity contribution in [3.8, 4) is 0 Å². The first-order valence-corrected chi connectivity index (χ1v) is 8.33. The van der Waals surface area contributed by atoms with E-state index in [4.69, 9.17) is 5.11 Å². The van der Waals surface area contributed by atoms with Gasteiger partial charge in [0.2, 0.25) is 5.91 Å². The van der Waals surface area contributed by atoms with Gasteiger partial charge in [-0.2, -0.15) is 5.10 Å². The molecule has 3 rings (SSSR count). The molecule has 2 atom stereocenters. The van der Waals surface area contributed by atoms with Gasteiger partial charge >= 0.3 is 5.97 Å². The molecule has 25 heavy (non-hydrogen) atoms. The number of carbonyl (C=O) groups excluding carboxylic acids is 1. The van der Waals surface area contributed by atoms with Crippen molar-refractivity contribution in [1.29, 1.82) is 0 Å². The van der Waals surface area contributed by atoms with Gasteiger partial charge in [0, 0.05) is 12.3 Å². The highest BCUT2D eigenvalue weighted by Crippen LogP contribution is 2.47. The summed E-state index contributed by atoms with van der Waals surface area (Å²) in [5.74, 6) is -0.822. The van der Waals surface area contributed by atoms with Gasteiger partial charge in [-0.3, -0.25) is 9.59 Å². The number of hydrogen-bond donors (Lipinski definition) is 2. The number of nitrogens with zero attached hydrogens (tertiary/aromatic N) is 1. The summed E-state index contributed by atoms with van der Waals surface area (Å²) in [7, 11) is 0. The number of carboxylic acids is 1. The van der Waals surface area contributed by atoms with Gasteiger partial charge < -0.3 is 5.11 Å². The van der Waals surface area contributed by atoms with Gasteiger partial charge in [-0.05, 0) is 23.5 Å². The van der Waals surface area contributed by atoms with Crippen molar-refractivity contribution in [2.24, 2.45) is 11.0 Å². The SMILES string of the molecule is O=C(O)CCC(=NNC(=O)[C@@H]1C[C@H]1c1ccccc1)c1ccccc1. The number of amides is 1. The van der Waals surface area contributed by atoms with Gasteiger partial charge in [-0.25, -0.2) is 5.43 Å². The molecule has 1 aliphatic rings. The maximum atomic E-state index is 12.3. The fraction of sp³-hybridized carbons (Fsp3) is 0.250. The van der Waals surface area contributed by atoms with E-state index in [1.165, 1.54) is 5.56 Å². The third-order valence-electron chi connectivity index (χ3n) is 4.34. The zero-order chi connectivity index (χ0) is 17.6. The van der Waals surface area contributed by atoms with Crippen molar-refractivity contribution in [3.63, 3.8) is 0 Å². The van der Waals surface area contributed by atoms with Crippen LogP contribution < -0.4 is 5.43 Å². The Kier molecular flexibility index (Phi) is 5.23. The molecule has 0 radical (unpaired) electrons. The molecule has 5 nitrogen and oxygen atoms in total. The number of hydrogen-bond acceptors (Lipinski definition) is 3. The molecule has 1 aliphatic carbocycles. The van der Waals surface area contributed by atoms with E-state index in [0.29, 0.717) is 5.71 Å². The summed E-state index contributed by atoms with van der Waals surface area (Å²) in [5.41, 5.74) is 5.19. The van der Waals surface area contributed by atoms with Crippen LogP contribution in [0.25, 0.3) is 0 Å². The van der Waals surface area contributed by atoms with E-state index >= 15 is 0 Å². The largest absolute Gasteiger partial charge is 0.481 e. The summed E-state index contributed by atoms with van der Waals surface area (Å²) in [6, 6.07) is 19.3. The van der Waals surface area contributed by atoms with E-state index in [1.807, 2.05) is 60.7 Å². The minimum Gasteiger partial charge on any atom is -0.481 e. The predicted molar refractivity (Wildman–Crippen MR) is 95.3 cm³/mol. The fourth-order valence-corrected chi connectivity index (χ4v) is 2.88. The minimum atomic E-state index is -0.888. The molecule has 0 aromatic heterocycles. The lowest BCUT2D eigenvalue weighted by Gasteiger charge is -2.06. The molecule has 0 spiro atoms. The number of hydrazone groups is 1. The van der Waals surface area contributed by atoms with Gasteiger partial charge in [-0.15, -0.1) is 0 Å². The fourth-order valence-electron chi connectivity index (χ4n) is 2.88. The molecule has 0 unspecified atom stereocenters. The van der Waals surface area contributed by atoms with Crippen LogP contribution in [0.4, 0.5) is 0 Å². The quantitative estimate of drug-likeness (QED) is 0.602. The average molecular weight is 336 g/mol. The Balaban J connectivity index is 1.65. The standard InChI is InChI=1S/C20H20N2O3/c23-19(24)12-11-18(15-9-5-2-6-10-15)21-22-20(25)17-13-16(17)14-7-3-1-4-8-14/h1-10,16-17H,11-13H2,(H,22,25)(H,23,24)/t16-,17+/m0/s1. The van der Waals surface area contributed by atoms with E-state index in [0.717, 1.165) is 12.0 Å². The molecule has 2 aromatic rings. The van der Waals surface area contributed by atoms with Gasteiger partial charge in [0.05, 0.1) is 12.1 Å². The van der Waals surface area contributed by atoms with E-state index in [1.54, 1.807) is 0 Å². The number of rotatable bonds is 7. The molecule has 0 saturated heterocycles. The van der Waals surface area contributed by atoms with Crippen LogP contribution in [-0.4, -0.2) is 22.7 Å². The molecule has 2 N–H and O–H groups in total. The lowest BCUT2D eigenvalue weighted by molar-refractivity contribution is -0.136. The number of aliphatic carboxylic acids is 1. The van der Waals surface area contributed by atoms with Crippen LogP contribution in [0.15, 0.2) is 65.8 Å². The first-order chi connectivity index (χ1) is 12.1. The number of nitrogens with one attached hydrogen (secondary N) is 1. The molecule has 0 aliphatic heterocycles. The molecular formula is C20H20N2O3. The molecular weight excluding hydrogens is 316 g/mol. The Hall–Kier alpha value is -2.95. The van der Waals surface area contributed by atoms with Gasteiger partial charge in [0.25, 0.3) is 0 Å². The van der Waals surface area contributed by atoms with Crippen LogP contribution >= 0.6 is 0 Å². The van der Waals surface area contributed by atoms with Crippen molar-refractivity contribution in [2.75, 3.05) is 0 Å². The Morgan fingerprint density at radius 3 is 2.28 bits per heavy atom. The number of carboxylic acid groups (broad SMARTS) is 1. The van der Waals surface area contributed by atoms with Crippen LogP contribution in [0.3, 0.4) is 0 Å². The lowest BCUT2D eigenvalue weighted by Crippen LogP contribution is -2.22. The Morgan fingerprint density at radius 1 is 1.00 bits per heavy atom. The maximum Gasteiger partial charge on any atom is 0.303 e. The summed E-state index contributed by atoms with van der Waals surface area (Å²) >= 11 is 0. The lowest BCUT2D eigenvalue weighted by atomic mass is 10.1. The van der Waals surface area contributed by atoms with Crippen molar-refractivity contribution in [1.82, 2.24) is 5.43 Å². The maximum absolute atomic E-state index is 12.3.